The zero-order chi connectivity index (χ0) is 22.5. The first-order valence-corrected chi connectivity index (χ1v) is 11.5. The molecule has 1 saturated heterocycles. The molecular formula is C26H27BrN2O3. The van der Waals surface area contributed by atoms with E-state index < -0.39 is 0 Å². The van der Waals surface area contributed by atoms with Crippen molar-refractivity contribution in [3.8, 4) is 11.5 Å². The lowest BCUT2D eigenvalue weighted by Gasteiger charge is -2.40. The number of benzene rings is 3. The molecule has 1 aliphatic heterocycles. The standard InChI is InChI=1S/C26H27BrN2O3/c1-31-22-12-13-23(24(18-22)32-2)26(30)29-16-14-28(15-17-29)25(19-6-4-3-5-7-19)20-8-10-21(27)11-9-20/h3-13,18,25H,14-17H2,1-2H3/t25-/m1/s1. The summed E-state index contributed by atoms with van der Waals surface area (Å²) in [5.41, 5.74) is 3.07. The van der Waals surface area contributed by atoms with Crippen LogP contribution in [0.3, 0.4) is 0 Å². The van der Waals surface area contributed by atoms with Crippen molar-refractivity contribution in [1.29, 1.82) is 0 Å². The molecule has 0 aromatic heterocycles. The third-order valence-corrected chi connectivity index (χ3v) is 6.44. The molecule has 166 valence electrons. The lowest BCUT2D eigenvalue weighted by molar-refractivity contribution is 0.0594. The van der Waals surface area contributed by atoms with Gasteiger partial charge in [-0.15, -0.1) is 0 Å². The number of amides is 1. The van der Waals surface area contributed by atoms with E-state index in [9.17, 15) is 4.79 Å². The molecule has 3 aromatic carbocycles. The summed E-state index contributed by atoms with van der Waals surface area (Å²) in [4.78, 5) is 17.6. The number of hydrogen-bond donors (Lipinski definition) is 0. The summed E-state index contributed by atoms with van der Waals surface area (Å²) >= 11 is 3.54. The van der Waals surface area contributed by atoms with Gasteiger partial charge in [-0.05, 0) is 35.4 Å². The highest BCUT2D eigenvalue weighted by Gasteiger charge is 2.29. The van der Waals surface area contributed by atoms with Crippen molar-refractivity contribution < 1.29 is 14.3 Å². The molecule has 0 bridgehead atoms. The maximum absolute atomic E-state index is 13.2. The minimum Gasteiger partial charge on any atom is -0.497 e. The number of hydrogen-bond acceptors (Lipinski definition) is 4. The van der Waals surface area contributed by atoms with Crippen LogP contribution in [-0.2, 0) is 0 Å². The fraction of sp³-hybridized carbons (Fsp3) is 0.269. The van der Waals surface area contributed by atoms with E-state index in [-0.39, 0.29) is 11.9 Å². The van der Waals surface area contributed by atoms with Gasteiger partial charge in [-0.2, -0.15) is 0 Å². The molecule has 0 radical (unpaired) electrons. The van der Waals surface area contributed by atoms with Crippen LogP contribution in [0.25, 0.3) is 0 Å². The Bertz CT molecular complexity index is 1050. The molecule has 1 fully saturated rings. The Kier molecular flexibility index (Phi) is 7.12. The van der Waals surface area contributed by atoms with E-state index >= 15 is 0 Å². The van der Waals surface area contributed by atoms with Crippen molar-refractivity contribution in [1.82, 2.24) is 9.80 Å². The zero-order valence-electron chi connectivity index (χ0n) is 18.3. The SMILES string of the molecule is COc1ccc(C(=O)N2CCN([C@H](c3ccccc3)c3ccc(Br)cc3)CC2)c(OC)c1. The lowest BCUT2D eigenvalue weighted by Crippen LogP contribution is -2.49. The number of halogens is 1. The molecule has 32 heavy (non-hydrogen) atoms. The second-order valence-corrected chi connectivity index (χ2v) is 8.67. The number of ether oxygens (including phenoxy) is 2. The number of piperazine rings is 1. The van der Waals surface area contributed by atoms with Gasteiger partial charge in [0.15, 0.2) is 0 Å². The van der Waals surface area contributed by atoms with E-state index in [0.29, 0.717) is 30.2 Å². The summed E-state index contributed by atoms with van der Waals surface area (Å²) in [6, 6.07) is 24.5. The van der Waals surface area contributed by atoms with Gasteiger partial charge in [0.1, 0.15) is 11.5 Å². The van der Waals surface area contributed by atoms with Crippen molar-refractivity contribution >= 4 is 21.8 Å². The predicted octanol–water partition coefficient (Wildman–Crippen LogP) is 5.01. The molecule has 0 aliphatic carbocycles. The van der Waals surface area contributed by atoms with Gasteiger partial charge in [0, 0.05) is 36.7 Å². The highest BCUT2D eigenvalue weighted by Crippen LogP contribution is 2.31. The van der Waals surface area contributed by atoms with Crippen LogP contribution in [0, 0.1) is 0 Å². The fourth-order valence-corrected chi connectivity index (χ4v) is 4.49. The maximum Gasteiger partial charge on any atom is 0.257 e. The van der Waals surface area contributed by atoms with Gasteiger partial charge in [-0.1, -0.05) is 58.4 Å². The highest BCUT2D eigenvalue weighted by atomic mass is 79.9. The van der Waals surface area contributed by atoms with E-state index in [4.69, 9.17) is 9.47 Å². The van der Waals surface area contributed by atoms with Crippen molar-refractivity contribution in [2.24, 2.45) is 0 Å². The molecule has 3 aromatic rings. The van der Waals surface area contributed by atoms with Crippen molar-refractivity contribution in [3.63, 3.8) is 0 Å². The Morgan fingerprint density at radius 1 is 0.844 bits per heavy atom. The molecular weight excluding hydrogens is 468 g/mol. The van der Waals surface area contributed by atoms with Crippen LogP contribution in [0.15, 0.2) is 77.3 Å². The first-order valence-electron chi connectivity index (χ1n) is 10.7. The summed E-state index contributed by atoms with van der Waals surface area (Å²) in [5.74, 6) is 1.20. The van der Waals surface area contributed by atoms with E-state index in [0.717, 1.165) is 17.6 Å². The Morgan fingerprint density at radius 2 is 1.50 bits per heavy atom. The second-order valence-electron chi connectivity index (χ2n) is 7.76. The molecule has 0 saturated carbocycles. The molecule has 1 heterocycles. The van der Waals surface area contributed by atoms with Crippen LogP contribution >= 0.6 is 15.9 Å². The Labute approximate surface area is 197 Å². The van der Waals surface area contributed by atoms with Gasteiger partial charge in [0.2, 0.25) is 0 Å². The third kappa shape index (κ3) is 4.81. The molecule has 0 unspecified atom stereocenters. The van der Waals surface area contributed by atoms with E-state index in [1.165, 1.54) is 11.1 Å². The van der Waals surface area contributed by atoms with Crippen molar-refractivity contribution in [2.45, 2.75) is 6.04 Å². The Balaban J connectivity index is 1.52. The average Bonchev–Trinajstić information content (AvgIpc) is 2.85. The van der Waals surface area contributed by atoms with Crippen LogP contribution in [-0.4, -0.2) is 56.1 Å². The normalized spacial score (nSPS) is 15.3. The third-order valence-electron chi connectivity index (χ3n) is 5.91. The van der Waals surface area contributed by atoms with E-state index in [1.807, 2.05) is 11.0 Å². The van der Waals surface area contributed by atoms with E-state index in [2.05, 4.69) is 69.4 Å². The maximum atomic E-state index is 13.2. The lowest BCUT2D eigenvalue weighted by atomic mass is 9.96. The van der Waals surface area contributed by atoms with Crippen LogP contribution in [0.1, 0.15) is 27.5 Å². The summed E-state index contributed by atoms with van der Waals surface area (Å²) < 4.78 is 11.8. The molecule has 1 aliphatic rings. The average molecular weight is 495 g/mol. The predicted molar refractivity (Wildman–Crippen MR) is 129 cm³/mol. The number of carbonyl (C=O) groups excluding carboxylic acids is 1. The zero-order valence-corrected chi connectivity index (χ0v) is 19.9. The van der Waals surface area contributed by atoms with E-state index in [1.54, 1.807) is 32.4 Å². The van der Waals surface area contributed by atoms with Crippen LogP contribution in [0.5, 0.6) is 11.5 Å². The minimum atomic E-state index is -0.0101. The first kappa shape index (κ1) is 22.4. The van der Waals surface area contributed by atoms with Crippen LogP contribution in [0.2, 0.25) is 0 Å². The van der Waals surface area contributed by atoms with Crippen molar-refractivity contribution in [3.05, 3.63) is 94.0 Å². The number of nitrogens with zero attached hydrogens (tertiary/aromatic N) is 2. The van der Waals surface area contributed by atoms with Crippen molar-refractivity contribution in [2.75, 3.05) is 40.4 Å². The Hall–Kier alpha value is -2.83. The number of rotatable bonds is 6. The van der Waals surface area contributed by atoms with Gasteiger partial charge < -0.3 is 14.4 Å². The van der Waals surface area contributed by atoms with Gasteiger partial charge in [-0.25, -0.2) is 0 Å². The van der Waals surface area contributed by atoms with Gasteiger partial charge in [0.25, 0.3) is 5.91 Å². The fourth-order valence-electron chi connectivity index (χ4n) is 4.22. The second kappa shape index (κ2) is 10.2. The molecule has 4 rings (SSSR count). The summed E-state index contributed by atoms with van der Waals surface area (Å²) in [6.45, 7) is 2.90. The topological polar surface area (TPSA) is 42.0 Å². The quantitative estimate of drug-likeness (QED) is 0.482. The monoisotopic (exact) mass is 494 g/mol. The molecule has 0 spiro atoms. The van der Waals surface area contributed by atoms with Gasteiger partial charge in [0.05, 0.1) is 25.8 Å². The summed E-state index contributed by atoms with van der Waals surface area (Å²) in [7, 11) is 3.18. The van der Waals surface area contributed by atoms with Gasteiger partial charge in [-0.3, -0.25) is 9.69 Å². The summed E-state index contributed by atoms with van der Waals surface area (Å²) in [6.07, 6.45) is 0. The van der Waals surface area contributed by atoms with Crippen LogP contribution < -0.4 is 9.47 Å². The Morgan fingerprint density at radius 3 is 2.12 bits per heavy atom. The largest absolute Gasteiger partial charge is 0.497 e. The summed E-state index contributed by atoms with van der Waals surface area (Å²) in [5, 5.41) is 0. The number of methoxy groups -OCH3 is 2. The minimum absolute atomic E-state index is 0.0101. The molecule has 0 N–H and O–H groups in total. The highest BCUT2D eigenvalue weighted by molar-refractivity contribution is 9.10. The molecule has 1 atom stereocenters. The van der Waals surface area contributed by atoms with Gasteiger partial charge >= 0.3 is 0 Å². The molecule has 1 amide bonds. The molecule has 6 heteroatoms. The first-order chi connectivity index (χ1) is 15.6. The van der Waals surface area contributed by atoms with Crippen LogP contribution in [0.4, 0.5) is 0 Å². The smallest absolute Gasteiger partial charge is 0.257 e. The molecule has 5 nitrogen and oxygen atoms in total. The number of carbonyl (C=O) groups is 1.